The number of halogens is 1. The largest absolute Gasteiger partial charge is 0.464 e. The van der Waals surface area contributed by atoms with E-state index in [1.165, 1.54) is 0 Å². The number of esters is 1. The van der Waals surface area contributed by atoms with Crippen molar-refractivity contribution in [2.75, 3.05) is 6.61 Å². The van der Waals surface area contributed by atoms with E-state index in [9.17, 15) is 9.59 Å². The van der Waals surface area contributed by atoms with Crippen molar-refractivity contribution in [3.63, 3.8) is 0 Å². The zero-order valence-corrected chi connectivity index (χ0v) is 7.65. The van der Waals surface area contributed by atoms with Crippen LogP contribution in [0.1, 0.15) is 19.8 Å². The van der Waals surface area contributed by atoms with Crippen molar-refractivity contribution in [2.45, 2.75) is 25.8 Å². The predicted molar refractivity (Wildman–Crippen MR) is 45.0 cm³/mol. The molecule has 0 aromatic heterocycles. The first-order valence-electron chi connectivity index (χ1n) is 3.70. The summed E-state index contributed by atoms with van der Waals surface area (Å²) in [5.74, 6) is -0.388. The van der Waals surface area contributed by atoms with Gasteiger partial charge in [-0.2, -0.15) is 0 Å². The lowest BCUT2D eigenvalue weighted by Crippen LogP contribution is -2.34. The average Bonchev–Trinajstić information content (AvgIpc) is 2.36. The molecular weight excluding hydrogens is 182 g/mol. The van der Waals surface area contributed by atoms with Crippen molar-refractivity contribution in [2.24, 2.45) is 0 Å². The van der Waals surface area contributed by atoms with Gasteiger partial charge in [-0.15, -0.1) is 12.4 Å². The van der Waals surface area contributed by atoms with Crippen LogP contribution < -0.4 is 5.32 Å². The number of hydrogen-bond acceptors (Lipinski definition) is 3. The van der Waals surface area contributed by atoms with Crippen molar-refractivity contribution in [1.82, 2.24) is 5.32 Å². The quantitative estimate of drug-likeness (QED) is 0.640. The van der Waals surface area contributed by atoms with Crippen LogP contribution >= 0.6 is 12.4 Å². The molecule has 0 radical (unpaired) electrons. The van der Waals surface area contributed by atoms with E-state index in [-0.39, 0.29) is 24.3 Å². The Hall–Kier alpha value is -0.770. The molecule has 0 saturated carbocycles. The standard InChI is InChI=1S/C7H11NO3.ClH/c1-2-11-7(10)5-3-4-6(9)8-5;/h5H,2-4H2,1H3,(H,8,9);1H. The van der Waals surface area contributed by atoms with E-state index in [1.54, 1.807) is 6.92 Å². The Bertz CT molecular complexity index is 183. The lowest BCUT2D eigenvalue weighted by atomic mass is 10.2. The van der Waals surface area contributed by atoms with Crippen molar-refractivity contribution < 1.29 is 14.3 Å². The second-order valence-electron chi connectivity index (χ2n) is 2.41. The van der Waals surface area contributed by atoms with Crippen molar-refractivity contribution in [3.05, 3.63) is 0 Å². The maximum absolute atomic E-state index is 11.0. The van der Waals surface area contributed by atoms with E-state index in [0.29, 0.717) is 19.4 Å². The second-order valence-corrected chi connectivity index (χ2v) is 2.41. The molecule has 0 spiro atoms. The Morgan fingerprint density at radius 3 is 2.83 bits per heavy atom. The molecule has 0 aromatic carbocycles. The van der Waals surface area contributed by atoms with Gasteiger partial charge in [-0.3, -0.25) is 4.79 Å². The van der Waals surface area contributed by atoms with Gasteiger partial charge in [0, 0.05) is 6.42 Å². The van der Waals surface area contributed by atoms with Crippen LogP contribution in [-0.2, 0) is 14.3 Å². The fraction of sp³-hybridized carbons (Fsp3) is 0.714. The third-order valence-electron chi connectivity index (χ3n) is 1.57. The number of hydrogen-bond donors (Lipinski definition) is 1. The van der Waals surface area contributed by atoms with E-state index >= 15 is 0 Å². The van der Waals surface area contributed by atoms with E-state index in [4.69, 9.17) is 4.74 Å². The summed E-state index contributed by atoms with van der Waals surface area (Å²) in [6.45, 7) is 2.11. The Morgan fingerprint density at radius 2 is 2.42 bits per heavy atom. The summed E-state index contributed by atoms with van der Waals surface area (Å²) in [4.78, 5) is 21.6. The Kier molecular flexibility index (Phi) is 4.66. The molecule has 1 rings (SSSR count). The Balaban J connectivity index is 0.00000121. The number of rotatable bonds is 2. The lowest BCUT2D eigenvalue weighted by Gasteiger charge is -2.07. The van der Waals surface area contributed by atoms with Gasteiger partial charge in [0.05, 0.1) is 6.61 Å². The van der Waals surface area contributed by atoms with Crippen LogP contribution in [0.3, 0.4) is 0 Å². The molecule has 1 unspecified atom stereocenters. The molecule has 1 N–H and O–H groups in total. The smallest absolute Gasteiger partial charge is 0.328 e. The first-order valence-corrected chi connectivity index (χ1v) is 3.70. The van der Waals surface area contributed by atoms with Crippen LogP contribution in [0.4, 0.5) is 0 Å². The third-order valence-corrected chi connectivity index (χ3v) is 1.57. The van der Waals surface area contributed by atoms with E-state index < -0.39 is 6.04 Å². The summed E-state index contributed by atoms with van der Waals surface area (Å²) in [5, 5.41) is 2.52. The molecule has 0 bridgehead atoms. The van der Waals surface area contributed by atoms with Crippen molar-refractivity contribution >= 4 is 24.3 Å². The maximum atomic E-state index is 11.0. The van der Waals surface area contributed by atoms with Gasteiger partial charge in [-0.1, -0.05) is 0 Å². The predicted octanol–water partition coefficient (Wildman–Crippen LogP) is 0.250. The highest BCUT2D eigenvalue weighted by atomic mass is 35.5. The van der Waals surface area contributed by atoms with Gasteiger partial charge < -0.3 is 10.1 Å². The Morgan fingerprint density at radius 1 is 1.75 bits per heavy atom. The monoisotopic (exact) mass is 193 g/mol. The summed E-state index contributed by atoms with van der Waals surface area (Å²) < 4.78 is 4.72. The van der Waals surface area contributed by atoms with Crippen LogP contribution in [0.5, 0.6) is 0 Å². The lowest BCUT2D eigenvalue weighted by molar-refractivity contribution is -0.145. The summed E-state index contributed by atoms with van der Waals surface area (Å²) in [5.41, 5.74) is 0. The van der Waals surface area contributed by atoms with Crippen LogP contribution in [0.25, 0.3) is 0 Å². The summed E-state index contributed by atoms with van der Waals surface area (Å²) in [7, 11) is 0. The number of nitrogens with one attached hydrogen (secondary N) is 1. The van der Waals surface area contributed by atoms with Crippen LogP contribution in [0.15, 0.2) is 0 Å². The third kappa shape index (κ3) is 2.70. The molecule has 0 aliphatic carbocycles. The van der Waals surface area contributed by atoms with Gasteiger partial charge in [-0.05, 0) is 13.3 Å². The molecule has 1 fully saturated rings. The minimum Gasteiger partial charge on any atom is -0.464 e. The van der Waals surface area contributed by atoms with Gasteiger partial charge in [-0.25, -0.2) is 4.79 Å². The minimum atomic E-state index is -0.401. The molecule has 5 heteroatoms. The van der Waals surface area contributed by atoms with Crippen LogP contribution in [0.2, 0.25) is 0 Å². The molecule has 70 valence electrons. The molecule has 4 nitrogen and oxygen atoms in total. The van der Waals surface area contributed by atoms with Gasteiger partial charge in [0.1, 0.15) is 6.04 Å². The molecule has 1 saturated heterocycles. The zero-order valence-electron chi connectivity index (χ0n) is 6.83. The highest BCUT2D eigenvalue weighted by Crippen LogP contribution is 2.07. The van der Waals surface area contributed by atoms with Crippen molar-refractivity contribution in [3.8, 4) is 0 Å². The number of amides is 1. The molecular formula is C7H12ClNO3. The topological polar surface area (TPSA) is 55.4 Å². The van der Waals surface area contributed by atoms with Gasteiger partial charge in [0.2, 0.25) is 5.91 Å². The van der Waals surface area contributed by atoms with Crippen LogP contribution in [0, 0.1) is 0 Å². The molecule has 1 aliphatic heterocycles. The van der Waals surface area contributed by atoms with E-state index in [0.717, 1.165) is 0 Å². The zero-order chi connectivity index (χ0) is 8.27. The fourth-order valence-electron chi connectivity index (χ4n) is 1.03. The molecule has 0 aromatic rings. The average molecular weight is 194 g/mol. The number of carbonyl (C=O) groups excluding carboxylic acids is 2. The maximum Gasteiger partial charge on any atom is 0.328 e. The van der Waals surface area contributed by atoms with Crippen molar-refractivity contribution in [1.29, 1.82) is 0 Å². The summed E-state index contributed by atoms with van der Waals surface area (Å²) in [6.07, 6.45) is 1.00. The highest BCUT2D eigenvalue weighted by molar-refractivity contribution is 5.88. The SMILES string of the molecule is CCOC(=O)C1CCC(=O)N1.Cl. The van der Waals surface area contributed by atoms with Gasteiger partial charge in [0.15, 0.2) is 0 Å². The van der Waals surface area contributed by atoms with Gasteiger partial charge in [0.25, 0.3) is 0 Å². The molecule has 1 atom stereocenters. The second kappa shape index (κ2) is 4.98. The first-order chi connectivity index (χ1) is 5.24. The number of ether oxygens (including phenoxy) is 1. The minimum absolute atomic E-state index is 0. The molecule has 12 heavy (non-hydrogen) atoms. The summed E-state index contributed by atoms with van der Waals surface area (Å²) in [6, 6.07) is -0.401. The van der Waals surface area contributed by atoms with E-state index in [1.807, 2.05) is 0 Å². The normalized spacial score (nSPS) is 21.1. The highest BCUT2D eigenvalue weighted by Gasteiger charge is 2.27. The molecule has 1 heterocycles. The fourth-order valence-corrected chi connectivity index (χ4v) is 1.03. The first kappa shape index (κ1) is 11.2. The van der Waals surface area contributed by atoms with Crippen LogP contribution in [-0.4, -0.2) is 24.5 Å². The Labute approximate surface area is 77.1 Å². The molecule has 1 aliphatic rings. The van der Waals surface area contributed by atoms with Gasteiger partial charge >= 0.3 is 5.97 Å². The van der Waals surface area contributed by atoms with E-state index in [2.05, 4.69) is 5.32 Å². The molecule has 1 amide bonds. The summed E-state index contributed by atoms with van der Waals surface area (Å²) >= 11 is 0. The number of carbonyl (C=O) groups is 2.